The molecule has 4 rings (SSSR count). The molecule has 1 N–H and O–H groups in total. The van der Waals surface area contributed by atoms with Crippen LogP contribution in [0.2, 0.25) is 0 Å². The monoisotopic (exact) mass is 505 g/mol. The van der Waals surface area contributed by atoms with Gasteiger partial charge in [-0.15, -0.1) is 11.3 Å². The fourth-order valence-corrected chi connectivity index (χ4v) is 5.48. The standard InChI is InChI=1S/C26H26F3NO4S/c1-3-33-10-11-34-25(32)22-15(2)30-19-13-17(21-5-4-12-35-21)14-20(31)24(19)23(22)16-6-8-18(9-7-16)26(27,28)29/h4-9,12,17,23,30H,3,10-11,13-14H2,1-2H3/t17-,23-/m1/s1. The molecule has 1 aliphatic heterocycles. The Kier molecular flexibility index (Phi) is 7.47. The van der Waals surface area contributed by atoms with Crippen LogP contribution in [0.3, 0.4) is 0 Å². The minimum absolute atomic E-state index is 0.00880. The Morgan fingerprint density at radius 3 is 2.51 bits per heavy atom. The zero-order valence-corrected chi connectivity index (χ0v) is 20.2. The number of allylic oxidation sites excluding steroid dienone is 3. The van der Waals surface area contributed by atoms with Crippen LogP contribution in [-0.4, -0.2) is 31.6 Å². The van der Waals surface area contributed by atoms with Crippen LogP contribution >= 0.6 is 11.3 Å². The van der Waals surface area contributed by atoms with Crippen LogP contribution in [0.5, 0.6) is 0 Å². The molecule has 2 atom stereocenters. The molecular weight excluding hydrogens is 479 g/mol. The van der Waals surface area contributed by atoms with Crippen LogP contribution in [0.25, 0.3) is 0 Å². The second-order valence-electron chi connectivity index (χ2n) is 8.49. The smallest absolute Gasteiger partial charge is 0.416 e. The Hall–Kier alpha value is -2.91. The third kappa shape index (κ3) is 5.36. The van der Waals surface area contributed by atoms with Gasteiger partial charge in [0.15, 0.2) is 5.78 Å². The summed E-state index contributed by atoms with van der Waals surface area (Å²) >= 11 is 1.58. The highest BCUT2D eigenvalue weighted by atomic mass is 32.1. The van der Waals surface area contributed by atoms with Crippen LogP contribution in [0.1, 0.15) is 54.5 Å². The van der Waals surface area contributed by atoms with Crippen molar-refractivity contribution in [3.63, 3.8) is 0 Å². The van der Waals surface area contributed by atoms with Crippen molar-refractivity contribution >= 4 is 23.1 Å². The van der Waals surface area contributed by atoms with Gasteiger partial charge >= 0.3 is 12.1 Å². The fraction of sp³-hybridized carbons (Fsp3) is 0.385. The van der Waals surface area contributed by atoms with E-state index in [2.05, 4.69) is 5.32 Å². The van der Waals surface area contributed by atoms with Gasteiger partial charge in [-0.05, 0) is 49.4 Å². The lowest BCUT2D eigenvalue weighted by atomic mass is 9.72. The van der Waals surface area contributed by atoms with Gasteiger partial charge in [-0.3, -0.25) is 4.79 Å². The average Bonchev–Trinajstić information content (AvgIpc) is 3.35. The molecule has 0 spiro atoms. The Labute approximate surface area is 205 Å². The van der Waals surface area contributed by atoms with Gasteiger partial charge in [0.1, 0.15) is 6.61 Å². The summed E-state index contributed by atoms with van der Waals surface area (Å²) in [6.07, 6.45) is -3.65. The van der Waals surface area contributed by atoms with Crippen molar-refractivity contribution in [1.82, 2.24) is 5.32 Å². The molecule has 1 aliphatic carbocycles. The van der Waals surface area contributed by atoms with Crippen molar-refractivity contribution in [2.45, 2.75) is 44.7 Å². The number of rotatable bonds is 7. The van der Waals surface area contributed by atoms with E-state index in [-0.39, 0.29) is 36.9 Å². The van der Waals surface area contributed by atoms with Crippen molar-refractivity contribution in [1.29, 1.82) is 0 Å². The highest BCUT2D eigenvalue weighted by molar-refractivity contribution is 7.10. The second kappa shape index (κ2) is 10.4. The quantitative estimate of drug-likeness (QED) is 0.386. The minimum Gasteiger partial charge on any atom is -0.460 e. The molecule has 1 aromatic heterocycles. The summed E-state index contributed by atoms with van der Waals surface area (Å²) in [7, 11) is 0. The van der Waals surface area contributed by atoms with Crippen LogP contribution in [-0.2, 0) is 25.2 Å². The highest BCUT2D eigenvalue weighted by Gasteiger charge is 2.42. The molecule has 0 saturated carbocycles. The molecular formula is C26H26F3NO4S. The lowest BCUT2D eigenvalue weighted by Crippen LogP contribution is -2.36. The van der Waals surface area contributed by atoms with Gasteiger partial charge in [0.2, 0.25) is 0 Å². The summed E-state index contributed by atoms with van der Waals surface area (Å²) in [5.74, 6) is -1.56. The number of alkyl halides is 3. The van der Waals surface area contributed by atoms with Crippen molar-refractivity contribution in [2.75, 3.05) is 19.8 Å². The summed E-state index contributed by atoms with van der Waals surface area (Å²) < 4.78 is 50.1. The maximum atomic E-state index is 13.5. The van der Waals surface area contributed by atoms with Gasteiger partial charge in [-0.1, -0.05) is 18.2 Å². The molecule has 0 saturated heterocycles. The van der Waals surface area contributed by atoms with Gasteiger partial charge < -0.3 is 14.8 Å². The zero-order valence-electron chi connectivity index (χ0n) is 19.4. The first-order valence-electron chi connectivity index (χ1n) is 11.4. The van der Waals surface area contributed by atoms with E-state index in [9.17, 15) is 22.8 Å². The average molecular weight is 506 g/mol. The maximum Gasteiger partial charge on any atom is 0.416 e. The number of carbonyl (C=O) groups excluding carboxylic acids is 2. The normalized spacial score (nSPS) is 20.5. The molecule has 0 radical (unpaired) electrons. The number of ether oxygens (including phenoxy) is 2. The molecule has 1 aromatic carbocycles. The minimum atomic E-state index is -4.49. The van der Waals surface area contributed by atoms with Gasteiger partial charge in [0, 0.05) is 46.7 Å². The maximum absolute atomic E-state index is 13.5. The van der Waals surface area contributed by atoms with Crippen LogP contribution in [0.4, 0.5) is 13.2 Å². The summed E-state index contributed by atoms with van der Waals surface area (Å²) in [4.78, 5) is 27.7. The SMILES string of the molecule is CCOCCOC(=O)C1=C(C)NC2=C(C(=O)C[C@H](c3cccs3)C2)[C@@H]1c1ccc(C(F)(F)F)cc1. The third-order valence-corrected chi connectivity index (χ3v) is 7.26. The molecule has 0 amide bonds. The Balaban J connectivity index is 1.73. The van der Waals surface area contributed by atoms with Crippen LogP contribution < -0.4 is 5.32 Å². The number of benzene rings is 1. The van der Waals surface area contributed by atoms with Crippen molar-refractivity contribution in [3.8, 4) is 0 Å². The first-order chi connectivity index (χ1) is 16.7. The summed E-state index contributed by atoms with van der Waals surface area (Å²) in [5.41, 5.74) is 1.51. The van der Waals surface area contributed by atoms with E-state index >= 15 is 0 Å². The summed E-state index contributed by atoms with van der Waals surface area (Å²) in [6.45, 7) is 4.28. The predicted molar refractivity (Wildman–Crippen MR) is 126 cm³/mol. The van der Waals surface area contributed by atoms with E-state index in [1.807, 2.05) is 24.4 Å². The first kappa shape index (κ1) is 25.2. The van der Waals surface area contributed by atoms with Gasteiger partial charge in [-0.25, -0.2) is 4.79 Å². The molecule has 0 fully saturated rings. The molecule has 2 aromatic rings. The molecule has 5 nitrogen and oxygen atoms in total. The Morgan fingerprint density at radius 1 is 1.14 bits per heavy atom. The summed E-state index contributed by atoms with van der Waals surface area (Å²) in [6, 6.07) is 8.56. The molecule has 9 heteroatoms. The third-order valence-electron chi connectivity index (χ3n) is 6.23. The fourth-order valence-electron chi connectivity index (χ4n) is 4.65. The largest absolute Gasteiger partial charge is 0.460 e. The lowest BCUT2D eigenvalue weighted by molar-refractivity contribution is -0.141. The molecule has 0 unspecified atom stereocenters. The number of ketones is 1. The molecule has 0 bridgehead atoms. The number of dihydropyridines is 1. The lowest BCUT2D eigenvalue weighted by Gasteiger charge is -2.36. The topological polar surface area (TPSA) is 64.6 Å². The first-order valence-corrected chi connectivity index (χ1v) is 12.3. The second-order valence-corrected chi connectivity index (χ2v) is 9.46. The van der Waals surface area contributed by atoms with E-state index in [4.69, 9.17) is 9.47 Å². The Morgan fingerprint density at radius 2 is 1.89 bits per heavy atom. The van der Waals surface area contributed by atoms with Crippen LogP contribution in [0.15, 0.2) is 64.3 Å². The Bertz CT molecular complexity index is 1150. The van der Waals surface area contributed by atoms with Crippen molar-refractivity contribution in [3.05, 3.63) is 80.3 Å². The van der Waals surface area contributed by atoms with Gasteiger partial charge in [0.05, 0.1) is 17.7 Å². The van der Waals surface area contributed by atoms with E-state index in [1.54, 1.807) is 18.3 Å². The van der Waals surface area contributed by atoms with Crippen molar-refractivity contribution < 1.29 is 32.2 Å². The summed E-state index contributed by atoms with van der Waals surface area (Å²) in [5, 5.41) is 5.20. The molecule has 2 heterocycles. The van der Waals surface area contributed by atoms with E-state index in [1.165, 1.54) is 12.1 Å². The van der Waals surface area contributed by atoms with E-state index < -0.39 is 23.6 Å². The number of halogens is 3. The number of Topliss-reactive ketones (excluding diaryl/α,β-unsaturated/α-hetero) is 1. The predicted octanol–water partition coefficient (Wildman–Crippen LogP) is 5.71. The number of thiophene rings is 1. The number of carbonyl (C=O) groups is 2. The number of hydrogen-bond donors (Lipinski definition) is 1. The highest BCUT2D eigenvalue weighted by Crippen LogP contribution is 2.46. The molecule has 186 valence electrons. The van der Waals surface area contributed by atoms with Crippen molar-refractivity contribution in [2.24, 2.45) is 0 Å². The van der Waals surface area contributed by atoms with Gasteiger partial charge in [0.25, 0.3) is 0 Å². The molecule has 2 aliphatic rings. The van der Waals surface area contributed by atoms with Gasteiger partial charge in [-0.2, -0.15) is 13.2 Å². The van der Waals surface area contributed by atoms with Crippen LogP contribution in [0, 0.1) is 0 Å². The number of nitrogens with one attached hydrogen (secondary N) is 1. The number of esters is 1. The number of hydrogen-bond acceptors (Lipinski definition) is 6. The molecule has 35 heavy (non-hydrogen) atoms. The van der Waals surface area contributed by atoms with E-state index in [0.29, 0.717) is 35.6 Å². The van der Waals surface area contributed by atoms with E-state index in [0.717, 1.165) is 17.0 Å². The zero-order chi connectivity index (χ0) is 25.2.